The molecule has 1 N–H and O–H groups in total. The number of nitrogens with zero attached hydrogens (tertiary/aromatic N) is 2. The Morgan fingerprint density at radius 2 is 1.50 bits per heavy atom. The lowest BCUT2D eigenvalue weighted by molar-refractivity contribution is -0.133. The van der Waals surface area contributed by atoms with Gasteiger partial charge in [-0.15, -0.1) is 0 Å². The van der Waals surface area contributed by atoms with Crippen molar-refractivity contribution >= 4 is 52.5 Å². The molecule has 1 aliphatic heterocycles. The number of benzene rings is 2. The van der Waals surface area contributed by atoms with E-state index in [1.807, 2.05) is 32.0 Å². The third kappa shape index (κ3) is 4.17. The second-order valence-electron chi connectivity index (χ2n) is 7.07. The fourth-order valence-corrected chi connectivity index (χ4v) is 3.50. The van der Waals surface area contributed by atoms with E-state index in [1.165, 1.54) is 19.2 Å². The molecule has 0 bridgehead atoms. The smallest absolute Gasteiger partial charge is 0.262 e. The van der Waals surface area contributed by atoms with Crippen LogP contribution in [-0.4, -0.2) is 53.6 Å². The Morgan fingerprint density at radius 1 is 1.00 bits per heavy atom. The van der Waals surface area contributed by atoms with Gasteiger partial charge >= 0.3 is 0 Å². The number of anilines is 1. The van der Waals surface area contributed by atoms with E-state index in [0.717, 1.165) is 20.9 Å². The molecule has 0 spiro atoms. The van der Waals surface area contributed by atoms with Gasteiger partial charge in [0.1, 0.15) is 6.54 Å². The largest absolute Gasteiger partial charge is 0.335 e. The normalized spacial score (nSPS) is 12.8. The Bertz CT molecular complexity index is 1020. The minimum atomic E-state index is -0.629. The number of amides is 4. The van der Waals surface area contributed by atoms with Gasteiger partial charge in [-0.25, -0.2) is 0 Å². The quantitative estimate of drug-likeness (QED) is 0.712. The first-order valence-corrected chi connectivity index (χ1v) is 9.81. The van der Waals surface area contributed by atoms with Crippen molar-refractivity contribution in [2.75, 3.05) is 25.5 Å². The second-order valence-corrected chi connectivity index (χ2v) is 7.89. The van der Waals surface area contributed by atoms with Crippen LogP contribution in [0.3, 0.4) is 0 Å². The number of aryl methyl sites for hydroxylation is 2. The molecule has 30 heavy (non-hydrogen) atoms. The Kier molecular flexibility index (Phi) is 6.14. The number of nitrogens with one attached hydrogen (secondary N) is 1. The van der Waals surface area contributed by atoms with Crippen LogP contribution in [0.15, 0.2) is 30.3 Å². The van der Waals surface area contributed by atoms with Crippen LogP contribution in [0.4, 0.5) is 5.69 Å². The molecule has 0 atom stereocenters. The van der Waals surface area contributed by atoms with E-state index in [-0.39, 0.29) is 33.6 Å². The number of para-hydroxylation sites is 1. The highest BCUT2D eigenvalue weighted by molar-refractivity contribution is 6.43. The second kappa shape index (κ2) is 8.45. The molecule has 2 aromatic rings. The maximum atomic E-state index is 12.5. The van der Waals surface area contributed by atoms with Crippen molar-refractivity contribution in [3.8, 4) is 0 Å². The van der Waals surface area contributed by atoms with Crippen LogP contribution in [0.5, 0.6) is 0 Å². The molecular formula is C21H19Cl2N3O4. The molecule has 7 nitrogen and oxygen atoms in total. The zero-order valence-corrected chi connectivity index (χ0v) is 18.1. The minimum absolute atomic E-state index is 0.0950. The van der Waals surface area contributed by atoms with Gasteiger partial charge in [0, 0.05) is 12.7 Å². The number of halogens is 2. The van der Waals surface area contributed by atoms with Crippen LogP contribution in [0.1, 0.15) is 31.8 Å². The summed E-state index contributed by atoms with van der Waals surface area (Å²) in [6, 6.07) is 8.26. The van der Waals surface area contributed by atoms with Crippen molar-refractivity contribution < 1.29 is 19.2 Å². The zero-order valence-electron chi connectivity index (χ0n) is 16.6. The van der Waals surface area contributed by atoms with Gasteiger partial charge < -0.3 is 10.2 Å². The summed E-state index contributed by atoms with van der Waals surface area (Å²) in [5, 5.41) is 3.08. The van der Waals surface area contributed by atoms with Crippen LogP contribution < -0.4 is 5.32 Å². The van der Waals surface area contributed by atoms with Crippen molar-refractivity contribution in [2.45, 2.75) is 13.8 Å². The highest BCUT2D eigenvalue weighted by Gasteiger charge is 2.38. The van der Waals surface area contributed by atoms with E-state index in [1.54, 1.807) is 0 Å². The molecule has 9 heteroatoms. The molecule has 1 heterocycles. The summed E-state index contributed by atoms with van der Waals surface area (Å²) >= 11 is 11.8. The average molecular weight is 448 g/mol. The van der Waals surface area contributed by atoms with Crippen LogP contribution in [0.25, 0.3) is 0 Å². The first-order valence-electron chi connectivity index (χ1n) is 9.05. The van der Waals surface area contributed by atoms with Crippen molar-refractivity contribution in [3.05, 3.63) is 62.6 Å². The summed E-state index contributed by atoms with van der Waals surface area (Å²) in [5.41, 5.74) is 2.69. The summed E-state index contributed by atoms with van der Waals surface area (Å²) in [6.07, 6.45) is 0. The number of likely N-dealkylation sites (N-methyl/N-ethyl adjacent to an activating group) is 1. The van der Waals surface area contributed by atoms with Crippen molar-refractivity contribution in [2.24, 2.45) is 0 Å². The zero-order chi connectivity index (χ0) is 22.2. The third-order valence-electron chi connectivity index (χ3n) is 4.86. The lowest BCUT2D eigenvalue weighted by atomic mass is 10.1. The molecule has 0 saturated carbocycles. The van der Waals surface area contributed by atoms with Gasteiger partial charge in [0.2, 0.25) is 11.8 Å². The van der Waals surface area contributed by atoms with Crippen molar-refractivity contribution in [1.82, 2.24) is 9.80 Å². The number of carbonyl (C=O) groups is 4. The van der Waals surface area contributed by atoms with E-state index in [2.05, 4.69) is 5.32 Å². The van der Waals surface area contributed by atoms with E-state index in [9.17, 15) is 19.2 Å². The predicted octanol–water partition coefficient (Wildman–Crippen LogP) is 3.30. The summed E-state index contributed by atoms with van der Waals surface area (Å²) in [6.45, 7) is 3.03. The van der Waals surface area contributed by atoms with Gasteiger partial charge in [-0.2, -0.15) is 0 Å². The lowest BCUT2D eigenvalue weighted by Gasteiger charge is -2.21. The fraction of sp³-hybridized carbons (Fsp3) is 0.238. The van der Waals surface area contributed by atoms with Gasteiger partial charge in [-0.05, 0) is 37.1 Å². The average Bonchev–Trinajstić information content (AvgIpc) is 2.89. The molecule has 0 aromatic heterocycles. The van der Waals surface area contributed by atoms with E-state index >= 15 is 0 Å². The lowest BCUT2D eigenvalue weighted by Crippen LogP contribution is -2.43. The Balaban J connectivity index is 1.65. The van der Waals surface area contributed by atoms with Gasteiger partial charge in [-0.1, -0.05) is 41.4 Å². The standard InChI is InChI=1S/C21H19Cl2N3O4/c1-11-5-4-6-12(2)19(11)24-17(27)9-25(3)18(28)10-26-20(29)13-7-15(22)16(23)8-14(13)21(26)30/h4-8H,9-10H2,1-3H3,(H,24,27). The van der Waals surface area contributed by atoms with Crippen molar-refractivity contribution in [3.63, 3.8) is 0 Å². The number of fused-ring (bicyclic) bond motifs is 1. The molecule has 156 valence electrons. The highest BCUT2D eigenvalue weighted by atomic mass is 35.5. The Labute approximate surface area is 183 Å². The first kappa shape index (κ1) is 21.8. The minimum Gasteiger partial charge on any atom is -0.335 e. The van der Waals surface area contributed by atoms with Crippen LogP contribution in [0.2, 0.25) is 10.0 Å². The summed E-state index contributed by atoms with van der Waals surface area (Å²) in [7, 11) is 1.43. The molecule has 2 aromatic carbocycles. The summed E-state index contributed by atoms with van der Waals surface area (Å²) in [4.78, 5) is 51.9. The highest BCUT2D eigenvalue weighted by Crippen LogP contribution is 2.31. The van der Waals surface area contributed by atoms with Crippen LogP contribution >= 0.6 is 23.2 Å². The van der Waals surface area contributed by atoms with Gasteiger partial charge in [0.05, 0.1) is 27.7 Å². The number of carbonyl (C=O) groups excluding carboxylic acids is 4. The maximum Gasteiger partial charge on any atom is 0.262 e. The summed E-state index contributed by atoms with van der Waals surface area (Å²) in [5.74, 6) is -2.20. The van der Waals surface area contributed by atoms with Crippen LogP contribution in [-0.2, 0) is 9.59 Å². The topological polar surface area (TPSA) is 86.8 Å². The fourth-order valence-electron chi connectivity index (χ4n) is 3.18. The van der Waals surface area contributed by atoms with Crippen LogP contribution in [0, 0.1) is 13.8 Å². The number of rotatable bonds is 5. The Morgan fingerprint density at radius 3 is 2.00 bits per heavy atom. The van der Waals surface area contributed by atoms with Gasteiger partial charge in [0.15, 0.2) is 0 Å². The SMILES string of the molecule is Cc1cccc(C)c1NC(=O)CN(C)C(=O)CN1C(=O)c2cc(Cl)c(Cl)cc2C1=O. The van der Waals surface area contributed by atoms with Crippen molar-refractivity contribution in [1.29, 1.82) is 0 Å². The molecule has 0 saturated heterocycles. The van der Waals surface area contributed by atoms with Gasteiger partial charge in [0.25, 0.3) is 11.8 Å². The predicted molar refractivity (Wildman–Crippen MR) is 114 cm³/mol. The molecule has 4 amide bonds. The number of hydrogen-bond donors (Lipinski definition) is 1. The number of imide groups is 1. The third-order valence-corrected chi connectivity index (χ3v) is 5.58. The first-order chi connectivity index (χ1) is 14.1. The molecule has 0 fully saturated rings. The monoisotopic (exact) mass is 447 g/mol. The number of hydrogen-bond acceptors (Lipinski definition) is 4. The van der Waals surface area contributed by atoms with E-state index in [0.29, 0.717) is 5.69 Å². The summed E-state index contributed by atoms with van der Waals surface area (Å²) < 4.78 is 0. The maximum absolute atomic E-state index is 12.5. The molecule has 0 aliphatic carbocycles. The molecule has 0 radical (unpaired) electrons. The molecular weight excluding hydrogens is 429 g/mol. The molecule has 0 unspecified atom stereocenters. The van der Waals surface area contributed by atoms with E-state index in [4.69, 9.17) is 23.2 Å². The van der Waals surface area contributed by atoms with Gasteiger partial charge in [-0.3, -0.25) is 24.1 Å². The Hall–Kier alpha value is -2.90. The molecule has 1 aliphatic rings. The molecule has 3 rings (SSSR count). The van der Waals surface area contributed by atoms with E-state index < -0.39 is 24.3 Å².